The van der Waals surface area contributed by atoms with E-state index in [4.69, 9.17) is 0 Å². The molecular weight excluding hydrogens is 334 g/mol. The third-order valence-corrected chi connectivity index (χ3v) is 6.08. The number of piperazine rings is 1. The van der Waals surface area contributed by atoms with Gasteiger partial charge in [-0.15, -0.1) is 0 Å². The Hall–Kier alpha value is -1.38. The highest BCUT2D eigenvalue weighted by molar-refractivity contribution is 5.33. The number of piperidine rings is 1. The van der Waals surface area contributed by atoms with Gasteiger partial charge in [0.2, 0.25) is 0 Å². The van der Waals surface area contributed by atoms with Gasteiger partial charge in [-0.25, -0.2) is 0 Å². The van der Waals surface area contributed by atoms with Crippen molar-refractivity contribution in [1.29, 1.82) is 0 Å². The van der Waals surface area contributed by atoms with Crippen LogP contribution in [0, 0.1) is 11.8 Å². The summed E-state index contributed by atoms with van der Waals surface area (Å²) in [6.07, 6.45) is 3.38. The van der Waals surface area contributed by atoms with Crippen LogP contribution in [0.2, 0.25) is 0 Å². The summed E-state index contributed by atoms with van der Waals surface area (Å²) in [6.45, 7) is 11.3. The summed E-state index contributed by atoms with van der Waals surface area (Å²) in [6, 6.07) is 12.0. The maximum atomic E-state index is 9.58. The van der Waals surface area contributed by atoms with Gasteiger partial charge in [-0.05, 0) is 58.3 Å². The third kappa shape index (κ3) is 5.80. The van der Waals surface area contributed by atoms with Gasteiger partial charge in [0, 0.05) is 49.9 Å². The van der Waals surface area contributed by atoms with Crippen molar-refractivity contribution in [2.75, 3.05) is 45.9 Å². The first-order chi connectivity index (χ1) is 13.2. The Morgan fingerprint density at radius 3 is 2.48 bits per heavy atom. The van der Waals surface area contributed by atoms with Crippen LogP contribution in [0.3, 0.4) is 0 Å². The molecule has 1 atom stereocenters. The Bertz CT molecular complexity index is 614. The van der Waals surface area contributed by atoms with E-state index in [2.05, 4.69) is 52.5 Å². The second-order valence-corrected chi connectivity index (χ2v) is 8.17. The molecule has 0 saturated carbocycles. The Labute approximate surface area is 165 Å². The highest BCUT2D eigenvalue weighted by Gasteiger charge is 2.33. The summed E-state index contributed by atoms with van der Waals surface area (Å²) >= 11 is 0. The van der Waals surface area contributed by atoms with E-state index in [1.807, 2.05) is 18.2 Å². The third-order valence-electron chi connectivity index (χ3n) is 6.08. The van der Waals surface area contributed by atoms with Crippen LogP contribution < -0.4 is 0 Å². The minimum absolute atomic E-state index is 0.273. The number of hydrogen-bond acceptors (Lipinski definition) is 4. The molecule has 1 aromatic rings. The average molecular weight is 370 g/mol. The molecule has 2 heterocycles. The zero-order chi connectivity index (χ0) is 19.1. The molecule has 1 aromatic carbocycles. The van der Waals surface area contributed by atoms with E-state index < -0.39 is 0 Å². The zero-order valence-electron chi connectivity index (χ0n) is 17.0. The summed E-state index contributed by atoms with van der Waals surface area (Å²) < 4.78 is 0. The molecule has 2 aliphatic heterocycles. The van der Waals surface area contributed by atoms with Crippen molar-refractivity contribution in [2.24, 2.45) is 0 Å². The van der Waals surface area contributed by atoms with Gasteiger partial charge in [-0.2, -0.15) is 0 Å². The lowest BCUT2D eigenvalue weighted by atomic mass is 9.97. The van der Waals surface area contributed by atoms with Crippen LogP contribution in [0.25, 0.3) is 0 Å². The van der Waals surface area contributed by atoms with Gasteiger partial charge in [0.1, 0.15) is 0 Å². The quantitative estimate of drug-likeness (QED) is 0.807. The topological polar surface area (TPSA) is 30.0 Å². The van der Waals surface area contributed by atoms with E-state index in [0.717, 1.165) is 38.2 Å². The minimum atomic E-state index is 0.273. The van der Waals surface area contributed by atoms with Crippen LogP contribution in [-0.2, 0) is 0 Å². The molecule has 0 unspecified atom stereocenters. The van der Waals surface area contributed by atoms with Gasteiger partial charge in [0.25, 0.3) is 0 Å². The highest BCUT2D eigenvalue weighted by atomic mass is 16.3. The summed E-state index contributed by atoms with van der Waals surface area (Å²) in [5.41, 5.74) is 1.08. The van der Waals surface area contributed by atoms with E-state index >= 15 is 0 Å². The second-order valence-electron chi connectivity index (χ2n) is 8.17. The summed E-state index contributed by atoms with van der Waals surface area (Å²) in [7, 11) is 0. The smallest absolute Gasteiger partial charge is 0.0606 e. The first kappa shape index (κ1) is 20.4. The Morgan fingerprint density at radius 2 is 1.81 bits per heavy atom. The van der Waals surface area contributed by atoms with Crippen molar-refractivity contribution in [3.05, 3.63) is 35.9 Å². The zero-order valence-corrected chi connectivity index (χ0v) is 17.0. The number of hydrogen-bond donors (Lipinski definition) is 1. The van der Waals surface area contributed by atoms with Gasteiger partial charge in [0.05, 0.1) is 6.54 Å². The molecular formula is C23H35N3O. The van der Waals surface area contributed by atoms with Crippen molar-refractivity contribution in [3.63, 3.8) is 0 Å². The second kappa shape index (κ2) is 10.2. The van der Waals surface area contributed by atoms with Crippen molar-refractivity contribution >= 4 is 0 Å². The van der Waals surface area contributed by atoms with Crippen molar-refractivity contribution in [3.8, 4) is 11.8 Å². The summed E-state index contributed by atoms with van der Waals surface area (Å²) in [4.78, 5) is 7.73. The molecule has 0 radical (unpaired) electrons. The van der Waals surface area contributed by atoms with Crippen LogP contribution in [0.5, 0.6) is 0 Å². The summed E-state index contributed by atoms with van der Waals surface area (Å²) in [5, 5.41) is 9.58. The lowest BCUT2D eigenvalue weighted by Gasteiger charge is -2.47. The van der Waals surface area contributed by atoms with Gasteiger partial charge < -0.3 is 10.0 Å². The fourth-order valence-electron chi connectivity index (χ4n) is 4.47. The first-order valence-corrected chi connectivity index (χ1v) is 10.5. The van der Waals surface area contributed by atoms with Crippen LogP contribution in [-0.4, -0.2) is 83.8 Å². The molecule has 4 nitrogen and oxygen atoms in total. The maximum absolute atomic E-state index is 9.58. The summed E-state index contributed by atoms with van der Waals surface area (Å²) in [5.74, 6) is 6.60. The largest absolute Gasteiger partial charge is 0.396 e. The Kier molecular flexibility index (Phi) is 7.72. The SMILES string of the molecule is CC(C)N1CCC(N2CCN(CC#Cc3ccccc3)C[C@@H]2CCO)CC1. The molecule has 0 bridgehead atoms. The lowest BCUT2D eigenvalue weighted by molar-refractivity contribution is 0.00601. The molecule has 0 aromatic heterocycles. The molecule has 3 rings (SSSR count). The molecule has 2 aliphatic rings. The Morgan fingerprint density at radius 1 is 1.07 bits per heavy atom. The fourth-order valence-corrected chi connectivity index (χ4v) is 4.47. The van der Waals surface area contributed by atoms with Crippen LogP contribution in [0.15, 0.2) is 30.3 Å². The monoisotopic (exact) mass is 369 g/mol. The van der Waals surface area contributed by atoms with Gasteiger partial charge in [-0.1, -0.05) is 30.0 Å². The predicted octanol–water partition coefficient (Wildman–Crippen LogP) is 2.28. The molecule has 0 amide bonds. The van der Waals surface area contributed by atoms with Crippen molar-refractivity contribution < 1.29 is 5.11 Å². The molecule has 27 heavy (non-hydrogen) atoms. The van der Waals surface area contributed by atoms with Crippen LogP contribution in [0.4, 0.5) is 0 Å². The van der Waals surface area contributed by atoms with Gasteiger partial charge in [0.15, 0.2) is 0 Å². The van der Waals surface area contributed by atoms with Gasteiger partial charge in [-0.3, -0.25) is 9.80 Å². The van der Waals surface area contributed by atoms with E-state index in [-0.39, 0.29) is 6.61 Å². The average Bonchev–Trinajstić information content (AvgIpc) is 2.69. The van der Waals surface area contributed by atoms with E-state index in [9.17, 15) is 5.11 Å². The van der Waals surface area contributed by atoms with Crippen molar-refractivity contribution in [1.82, 2.24) is 14.7 Å². The number of aliphatic hydroxyl groups is 1. The number of benzene rings is 1. The minimum Gasteiger partial charge on any atom is -0.396 e. The molecule has 1 N–H and O–H groups in total. The predicted molar refractivity (Wildman–Crippen MR) is 112 cm³/mol. The molecule has 2 fully saturated rings. The molecule has 148 valence electrons. The van der Waals surface area contributed by atoms with Gasteiger partial charge >= 0.3 is 0 Å². The highest BCUT2D eigenvalue weighted by Crippen LogP contribution is 2.24. The number of nitrogens with zero attached hydrogens (tertiary/aromatic N) is 3. The normalized spacial score (nSPS) is 23.3. The maximum Gasteiger partial charge on any atom is 0.0606 e. The molecule has 0 spiro atoms. The van der Waals surface area contributed by atoms with Crippen LogP contribution >= 0.6 is 0 Å². The Balaban J connectivity index is 1.53. The molecule has 0 aliphatic carbocycles. The fraction of sp³-hybridized carbons (Fsp3) is 0.652. The van der Waals surface area contributed by atoms with E-state index in [1.54, 1.807) is 0 Å². The van der Waals surface area contributed by atoms with Crippen LogP contribution in [0.1, 0.15) is 38.7 Å². The molecule has 2 saturated heterocycles. The van der Waals surface area contributed by atoms with E-state index in [0.29, 0.717) is 18.1 Å². The van der Waals surface area contributed by atoms with Crippen molar-refractivity contribution in [2.45, 2.75) is 51.2 Å². The number of likely N-dealkylation sites (tertiary alicyclic amines) is 1. The van der Waals surface area contributed by atoms with E-state index in [1.165, 1.54) is 25.9 Å². The standard InChI is InChI=1S/C23H35N3O/c1-20(2)25-14-10-22(11-15-25)26-17-16-24(19-23(26)12-18-27)13-6-9-21-7-4-3-5-8-21/h3-5,7-8,20,22-23,27H,10-19H2,1-2H3/t23-/m0/s1. The number of aliphatic hydroxyl groups excluding tert-OH is 1. The molecule has 4 heteroatoms. The first-order valence-electron chi connectivity index (χ1n) is 10.5. The lowest BCUT2D eigenvalue weighted by Crippen LogP contribution is -2.58. The number of rotatable bonds is 5.